The number of carboxylic acids is 1. The number of amides is 1. The molecular weight excluding hydrogens is 424 g/mol. The predicted molar refractivity (Wildman–Crippen MR) is 116 cm³/mol. The molecule has 10 nitrogen and oxygen atoms in total. The summed E-state index contributed by atoms with van der Waals surface area (Å²) < 4.78 is 0. The van der Waals surface area contributed by atoms with Gasteiger partial charge in [0.2, 0.25) is 11.9 Å². The van der Waals surface area contributed by atoms with E-state index in [0.29, 0.717) is 11.4 Å². The number of nitrogens with zero attached hydrogens (tertiary/aromatic N) is 1. The van der Waals surface area contributed by atoms with Crippen LogP contribution in [0.25, 0.3) is 11.1 Å². The Morgan fingerprint density at radius 3 is 2.48 bits per heavy atom. The average molecular weight is 447 g/mol. The lowest BCUT2D eigenvalue weighted by molar-refractivity contribution is -0.141. The molecule has 0 saturated heterocycles. The third kappa shape index (κ3) is 4.78. The molecule has 0 bridgehead atoms. The van der Waals surface area contributed by atoms with Crippen LogP contribution in [-0.2, 0) is 9.59 Å². The second-order valence-corrected chi connectivity index (χ2v) is 7.59. The number of carboxylic acid groups (broad SMARTS) is 1. The highest BCUT2D eigenvalue weighted by molar-refractivity contribution is 6.30. The number of nitrogens with two attached hydrogens (primary N) is 2. The molecule has 2 aromatic rings. The number of carbonyl (C=O) groups is 2. The van der Waals surface area contributed by atoms with Crippen molar-refractivity contribution in [3.05, 3.63) is 59.1 Å². The van der Waals surface area contributed by atoms with Crippen molar-refractivity contribution in [2.24, 2.45) is 16.8 Å². The van der Waals surface area contributed by atoms with Crippen LogP contribution in [-0.4, -0.2) is 46.2 Å². The van der Waals surface area contributed by atoms with E-state index in [0.717, 1.165) is 16.7 Å². The maximum Gasteiger partial charge on any atom is 0.323 e. The zero-order chi connectivity index (χ0) is 22.6. The fourth-order valence-corrected chi connectivity index (χ4v) is 3.73. The molecule has 11 heteroatoms. The van der Waals surface area contributed by atoms with Gasteiger partial charge in [-0.05, 0) is 35.2 Å². The van der Waals surface area contributed by atoms with Crippen molar-refractivity contribution in [2.45, 2.75) is 23.9 Å². The minimum Gasteiger partial charge on any atom is -0.480 e. The van der Waals surface area contributed by atoms with E-state index in [4.69, 9.17) is 23.3 Å². The number of hydrazine groups is 1. The molecule has 0 radical (unpaired) electrons. The first-order valence-corrected chi connectivity index (χ1v) is 9.75. The Kier molecular flexibility index (Phi) is 6.76. The molecule has 9 N–H and O–H groups in total. The first-order chi connectivity index (χ1) is 14.8. The lowest BCUT2D eigenvalue weighted by atomic mass is 10.00. The summed E-state index contributed by atoms with van der Waals surface area (Å²) in [6, 6.07) is 13.6. The maximum absolute atomic E-state index is 12.9. The van der Waals surface area contributed by atoms with E-state index in [1.54, 1.807) is 6.07 Å². The van der Waals surface area contributed by atoms with Gasteiger partial charge in [-0.25, -0.2) is 5.84 Å². The number of benzene rings is 2. The summed E-state index contributed by atoms with van der Waals surface area (Å²) in [5.41, 5.74) is 3.57. The Hall–Kier alpha value is -3.18. The molecule has 3 rings (SSSR count). The number of rotatable bonds is 7. The molecule has 1 unspecified atom stereocenters. The topological polar surface area (TPSA) is 175 Å². The molecule has 0 aliphatic heterocycles. The van der Waals surface area contributed by atoms with Crippen molar-refractivity contribution in [1.82, 2.24) is 16.1 Å². The Labute approximate surface area is 183 Å². The van der Waals surface area contributed by atoms with Gasteiger partial charge in [-0.3, -0.25) is 25.6 Å². The molecule has 0 heterocycles. The number of aliphatic hydroxyl groups is 1. The summed E-state index contributed by atoms with van der Waals surface area (Å²) in [6.07, 6.45) is 0.307. The van der Waals surface area contributed by atoms with E-state index in [1.807, 2.05) is 42.5 Å². The lowest BCUT2D eigenvalue weighted by Gasteiger charge is -2.23. The van der Waals surface area contributed by atoms with Crippen molar-refractivity contribution < 1.29 is 19.8 Å². The third-order valence-corrected chi connectivity index (χ3v) is 5.48. The molecule has 0 spiro atoms. The van der Waals surface area contributed by atoms with Crippen LogP contribution in [0.15, 0.2) is 53.6 Å². The number of hydrogen-bond acceptors (Lipinski definition) is 7. The molecular formula is C20H23ClN6O4. The number of aliphatic carboxylic acids is 1. The molecule has 2 aromatic carbocycles. The maximum atomic E-state index is 12.9. The normalized spacial score (nSPS) is 21.3. The number of carbonyl (C=O) groups excluding carboxylic acids is 1. The van der Waals surface area contributed by atoms with Gasteiger partial charge >= 0.3 is 5.97 Å². The minimum atomic E-state index is -1.33. The molecule has 1 fully saturated rings. The van der Waals surface area contributed by atoms with E-state index in [9.17, 15) is 19.8 Å². The van der Waals surface area contributed by atoms with E-state index >= 15 is 0 Å². The van der Waals surface area contributed by atoms with Gasteiger partial charge in [0.1, 0.15) is 11.6 Å². The number of hydrazone groups is 1. The Morgan fingerprint density at radius 1 is 1.23 bits per heavy atom. The number of halogens is 1. The van der Waals surface area contributed by atoms with Gasteiger partial charge in [0, 0.05) is 10.9 Å². The fourth-order valence-electron chi connectivity index (χ4n) is 3.54. The number of hydrogen-bond donors (Lipinski definition) is 7. The third-order valence-electron chi connectivity index (χ3n) is 5.25. The second kappa shape index (κ2) is 9.31. The molecule has 1 aliphatic carbocycles. The second-order valence-electron chi connectivity index (χ2n) is 7.15. The van der Waals surface area contributed by atoms with Crippen LogP contribution in [0, 0.1) is 0 Å². The van der Waals surface area contributed by atoms with Crippen LogP contribution < -0.4 is 27.7 Å². The van der Waals surface area contributed by atoms with Crippen molar-refractivity contribution >= 4 is 29.4 Å². The number of nitrogens with one attached hydrogen (secondary N) is 3. The quantitative estimate of drug-likeness (QED) is 0.135. The van der Waals surface area contributed by atoms with Crippen molar-refractivity contribution in [3.8, 4) is 11.1 Å². The minimum absolute atomic E-state index is 0.177. The average Bonchev–Trinajstić information content (AvgIpc) is 3.51. The number of aliphatic hydroxyl groups excluding tert-OH is 1. The van der Waals surface area contributed by atoms with Crippen LogP contribution in [0.1, 0.15) is 17.9 Å². The van der Waals surface area contributed by atoms with Crippen LogP contribution in [0.5, 0.6) is 0 Å². The van der Waals surface area contributed by atoms with Gasteiger partial charge in [-0.2, -0.15) is 0 Å². The smallest absolute Gasteiger partial charge is 0.323 e. The summed E-state index contributed by atoms with van der Waals surface area (Å²) in [7, 11) is 0. The van der Waals surface area contributed by atoms with Crippen LogP contribution in [0.4, 0.5) is 0 Å². The highest BCUT2D eigenvalue weighted by atomic mass is 35.5. The zero-order valence-corrected chi connectivity index (χ0v) is 17.1. The van der Waals surface area contributed by atoms with Crippen molar-refractivity contribution in [3.63, 3.8) is 0 Å². The SMILES string of the molecule is NN=C(NN)NC(=O)C1(N[C@@H](CO)C(=O)O)C[C@H]1c1ccc(-c2cccc(Cl)c2)cc1. The highest BCUT2D eigenvalue weighted by Crippen LogP contribution is 2.52. The molecule has 1 amide bonds. The van der Waals surface area contributed by atoms with E-state index in [2.05, 4.69) is 21.2 Å². The first kappa shape index (κ1) is 22.5. The summed E-state index contributed by atoms with van der Waals surface area (Å²) in [6.45, 7) is -0.683. The van der Waals surface area contributed by atoms with Gasteiger partial charge in [0.25, 0.3) is 0 Å². The van der Waals surface area contributed by atoms with Gasteiger partial charge in [-0.1, -0.05) is 48.0 Å². The van der Waals surface area contributed by atoms with Gasteiger partial charge in [-0.15, -0.1) is 5.10 Å². The summed E-state index contributed by atoms with van der Waals surface area (Å²) in [5, 5.41) is 27.9. The molecule has 3 atom stereocenters. The summed E-state index contributed by atoms with van der Waals surface area (Å²) in [4.78, 5) is 24.4. The summed E-state index contributed by atoms with van der Waals surface area (Å²) >= 11 is 6.06. The Balaban J connectivity index is 1.87. The standard InChI is InChI=1S/C20H23ClN6O4/c21-14-3-1-2-13(8-14)11-4-6-12(7-5-11)15-9-20(15,25-16(10-28)17(29)30)18(31)24-19(26-22)27-23/h1-8,15-16,25,28H,9-10,22-23H2,(H,29,30)(H2,24,26,27,31)/t15-,16-,20?/m0/s1. The zero-order valence-electron chi connectivity index (χ0n) is 16.4. The fraction of sp³-hybridized carbons (Fsp3) is 0.250. The lowest BCUT2D eigenvalue weighted by Crippen LogP contribution is -2.58. The monoisotopic (exact) mass is 446 g/mol. The Bertz CT molecular complexity index is 999. The number of guanidine groups is 1. The largest absolute Gasteiger partial charge is 0.480 e. The van der Waals surface area contributed by atoms with E-state index < -0.39 is 30.1 Å². The van der Waals surface area contributed by atoms with Crippen molar-refractivity contribution in [1.29, 1.82) is 0 Å². The molecule has 0 aromatic heterocycles. The molecule has 1 saturated carbocycles. The predicted octanol–water partition coefficient (Wildman–Crippen LogP) is 0.0774. The Morgan fingerprint density at radius 2 is 1.94 bits per heavy atom. The van der Waals surface area contributed by atoms with Crippen LogP contribution in [0.3, 0.4) is 0 Å². The molecule has 31 heavy (non-hydrogen) atoms. The van der Waals surface area contributed by atoms with E-state index in [-0.39, 0.29) is 11.9 Å². The van der Waals surface area contributed by atoms with Gasteiger partial charge in [0.15, 0.2) is 0 Å². The molecule has 164 valence electrons. The van der Waals surface area contributed by atoms with Crippen LogP contribution in [0.2, 0.25) is 5.02 Å². The van der Waals surface area contributed by atoms with Crippen LogP contribution >= 0.6 is 11.6 Å². The van der Waals surface area contributed by atoms with Gasteiger partial charge < -0.3 is 16.1 Å². The summed E-state index contributed by atoms with van der Waals surface area (Å²) in [5.74, 6) is 8.06. The van der Waals surface area contributed by atoms with E-state index in [1.165, 1.54) is 0 Å². The molecule has 1 aliphatic rings. The van der Waals surface area contributed by atoms with Gasteiger partial charge in [0.05, 0.1) is 6.61 Å². The highest BCUT2D eigenvalue weighted by Gasteiger charge is 2.62. The first-order valence-electron chi connectivity index (χ1n) is 9.38. The van der Waals surface area contributed by atoms with Crippen molar-refractivity contribution in [2.75, 3.05) is 6.61 Å².